The van der Waals surface area contributed by atoms with E-state index in [2.05, 4.69) is 0 Å². The predicted octanol–water partition coefficient (Wildman–Crippen LogP) is 0.796. The Balaban J connectivity index is 1.83. The number of benzene rings is 1. The first kappa shape index (κ1) is 12.2. The quantitative estimate of drug-likeness (QED) is 0.843. The number of nitrogens with zero attached hydrogens (tertiary/aromatic N) is 1. The molecule has 3 aliphatic rings. The molecule has 1 aliphatic carbocycles. The fourth-order valence-electron chi connectivity index (χ4n) is 3.19. The number of carboxylic acids is 1. The van der Waals surface area contributed by atoms with E-state index >= 15 is 0 Å². The van der Waals surface area contributed by atoms with E-state index in [4.69, 9.17) is 0 Å². The first-order chi connectivity index (χ1) is 9.04. The largest absolute Gasteiger partial charge is 0.479 e. The van der Waals surface area contributed by atoms with E-state index < -0.39 is 23.5 Å². The number of fused-ring (bicyclic) bond motifs is 1. The van der Waals surface area contributed by atoms with E-state index in [0.29, 0.717) is 24.9 Å². The lowest BCUT2D eigenvalue weighted by atomic mass is 9.73. The minimum atomic E-state index is -1.28. The number of amides is 1. The SMILES string of the molecule is O=C(C(O)c1ccccc1)N1CC2CC1(C(=O)O)C2. The van der Waals surface area contributed by atoms with E-state index in [9.17, 15) is 19.8 Å². The van der Waals surface area contributed by atoms with E-state index in [-0.39, 0.29) is 5.92 Å². The lowest BCUT2D eigenvalue weighted by Crippen LogP contribution is -2.55. The molecule has 1 unspecified atom stereocenters. The molecule has 4 rings (SSSR count). The van der Waals surface area contributed by atoms with Gasteiger partial charge in [0, 0.05) is 6.54 Å². The number of rotatable bonds is 3. The molecule has 0 radical (unpaired) electrons. The molecule has 19 heavy (non-hydrogen) atoms. The van der Waals surface area contributed by atoms with Gasteiger partial charge < -0.3 is 15.1 Å². The third-order valence-electron chi connectivity index (χ3n) is 4.22. The number of hydrogen-bond acceptors (Lipinski definition) is 3. The average Bonchev–Trinajstić information content (AvgIpc) is 2.93. The van der Waals surface area contributed by atoms with Crippen LogP contribution in [-0.4, -0.2) is 39.1 Å². The summed E-state index contributed by atoms with van der Waals surface area (Å²) in [4.78, 5) is 25.0. The van der Waals surface area contributed by atoms with Crippen LogP contribution in [0.5, 0.6) is 0 Å². The number of aliphatic hydroxyl groups is 1. The van der Waals surface area contributed by atoms with Crippen molar-refractivity contribution in [3.05, 3.63) is 35.9 Å². The van der Waals surface area contributed by atoms with Gasteiger partial charge in [-0.3, -0.25) is 4.79 Å². The maximum atomic E-state index is 12.3. The number of carbonyl (C=O) groups is 2. The highest BCUT2D eigenvalue weighted by molar-refractivity contribution is 5.91. The number of carbonyl (C=O) groups excluding carboxylic acids is 1. The molecular weight excluding hydrogens is 246 g/mol. The molecule has 0 aromatic heterocycles. The van der Waals surface area contributed by atoms with E-state index in [1.807, 2.05) is 0 Å². The van der Waals surface area contributed by atoms with Gasteiger partial charge in [0.05, 0.1) is 0 Å². The molecule has 100 valence electrons. The van der Waals surface area contributed by atoms with Crippen LogP contribution in [0.25, 0.3) is 0 Å². The van der Waals surface area contributed by atoms with Crippen LogP contribution in [0.4, 0.5) is 0 Å². The second-order valence-electron chi connectivity index (χ2n) is 5.37. The van der Waals surface area contributed by atoms with Gasteiger partial charge >= 0.3 is 5.97 Å². The molecule has 2 aliphatic heterocycles. The molecule has 0 spiro atoms. The Morgan fingerprint density at radius 2 is 1.89 bits per heavy atom. The maximum absolute atomic E-state index is 12.3. The Labute approximate surface area is 110 Å². The number of aliphatic hydroxyl groups excluding tert-OH is 1. The van der Waals surface area contributed by atoms with Gasteiger partial charge in [-0.05, 0) is 24.3 Å². The Bertz CT molecular complexity index is 522. The molecule has 1 aromatic carbocycles. The first-order valence-electron chi connectivity index (χ1n) is 6.32. The smallest absolute Gasteiger partial charge is 0.329 e. The second kappa shape index (κ2) is 4.06. The normalized spacial score (nSPS) is 29.7. The highest BCUT2D eigenvalue weighted by Crippen LogP contribution is 2.51. The van der Waals surface area contributed by atoms with Crippen LogP contribution in [0.15, 0.2) is 30.3 Å². The van der Waals surface area contributed by atoms with Gasteiger partial charge in [0.2, 0.25) is 0 Å². The maximum Gasteiger partial charge on any atom is 0.329 e. The van der Waals surface area contributed by atoms with Crippen molar-refractivity contribution in [3.63, 3.8) is 0 Å². The molecule has 1 saturated carbocycles. The van der Waals surface area contributed by atoms with Crippen LogP contribution in [-0.2, 0) is 9.59 Å². The summed E-state index contributed by atoms with van der Waals surface area (Å²) >= 11 is 0. The molecule has 2 bridgehead atoms. The second-order valence-corrected chi connectivity index (χ2v) is 5.37. The van der Waals surface area contributed by atoms with Crippen molar-refractivity contribution >= 4 is 11.9 Å². The standard InChI is InChI=1S/C14H15NO4/c16-11(10-4-2-1-3-5-10)12(17)15-8-9-6-14(15,7-9)13(18)19/h1-5,9,11,16H,6-8H2,(H,18,19). The molecule has 1 aromatic rings. The van der Waals surface area contributed by atoms with E-state index in [1.165, 1.54) is 4.90 Å². The summed E-state index contributed by atoms with van der Waals surface area (Å²) in [5.74, 6) is -1.20. The summed E-state index contributed by atoms with van der Waals surface area (Å²) in [7, 11) is 0. The van der Waals surface area contributed by atoms with Gasteiger partial charge in [-0.1, -0.05) is 30.3 Å². The summed E-state index contributed by atoms with van der Waals surface area (Å²) in [6.45, 7) is 0.440. The van der Waals surface area contributed by atoms with Crippen molar-refractivity contribution in [1.82, 2.24) is 4.90 Å². The summed E-state index contributed by atoms with van der Waals surface area (Å²) < 4.78 is 0. The Hall–Kier alpha value is -1.88. The summed E-state index contributed by atoms with van der Waals surface area (Å²) in [5.41, 5.74) is -0.575. The third-order valence-corrected chi connectivity index (χ3v) is 4.22. The van der Waals surface area contributed by atoms with Crippen molar-refractivity contribution in [2.75, 3.05) is 6.54 Å². The van der Waals surface area contributed by atoms with Crippen molar-refractivity contribution in [2.24, 2.45) is 5.92 Å². The number of hydrogen-bond donors (Lipinski definition) is 2. The van der Waals surface area contributed by atoms with Gasteiger partial charge in [0.25, 0.3) is 5.91 Å². The zero-order valence-corrected chi connectivity index (χ0v) is 10.3. The topological polar surface area (TPSA) is 77.8 Å². The van der Waals surface area contributed by atoms with Crippen LogP contribution in [0.3, 0.4) is 0 Å². The Morgan fingerprint density at radius 3 is 2.47 bits per heavy atom. The molecule has 5 heteroatoms. The number of carboxylic acid groups (broad SMARTS) is 1. The Kier molecular flexibility index (Phi) is 2.60. The molecule has 3 fully saturated rings. The average molecular weight is 261 g/mol. The van der Waals surface area contributed by atoms with Crippen LogP contribution in [0.1, 0.15) is 24.5 Å². The summed E-state index contributed by atoms with van der Waals surface area (Å²) in [5, 5.41) is 19.4. The van der Waals surface area contributed by atoms with Gasteiger partial charge in [-0.2, -0.15) is 0 Å². The minimum Gasteiger partial charge on any atom is -0.479 e. The van der Waals surface area contributed by atoms with Crippen LogP contribution in [0, 0.1) is 5.92 Å². The number of aliphatic carboxylic acids is 1. The zero-order valence-electron chi connectivity index (χ0n) is 10.3. The van der Waals surface area contributed by atoms with Gasteiger partial charge in [-0.25, -0.2) is 4.79 Å². The zero-order chi connectivity index (χ0) is 13.6. The molecule has 2 heterocycles. The third kappa shape index (κ3) is 1.65. The van der Waals surface area contributed by atoms with E-state index in [0.717, 1.165) is 0 Å². The fraction of sp³-hybridized carbons (Fsp3) is 0.429. The van der Waals surface area contributed by atoms with Gasteiger partial charge in [0.15, 0.2) is 6.10 Å². The Morgan fingerprint density at radius 1 is 1.26 bits per heavy atom. The highest BCUT2D eigenvalue weighted by atomic mass is 16.4. The van der Waals surface area contributed by atoms with Gasteiger partial charge in [0.1, 0.15) is 5.54 Å². The van der Waals surface area contributed by atoms with Crippen LogP contribution < -0.4 is 0 Å². The lowest BCUT2D eigenvalue weighted by Gasteiger charge is -2.38. The summed E-state index contributed by atoms with van der Waals surface area (Å²) in [6.07, 6.45) is -0.262. The van der Waals surface area contributed by atoms with Crippen LogP contribution >= 0.6 is 0 Å². The highest BCUT2D eigenvalue weighted by Gasteiger charge is 2.63. The molecule has 2 saturated heterocycles. The molecule has 2 N–H and O–H groups in total. The summed E-state index contributed by atoms with van der Waals surface area (Å²) in [6, 6.07) is 8.60. The van der Waals surface area contributed by atoms with Crippen molar-refractivity contribution < 1.29 is 19.8 Å². The lowest BCUT2D eigenvalue weighted by molar-refractivity contribution is -0.161. The van der Waals surface area contributed by atoms with Crippen molar-refractivity contribution in [3.8, 4) is 0 Å². The molecule has 5 nitrogen and oxygen atoms in total. The molecule has 1 amide bonds. The van der Waals surface area contributed by atoms with Crippen molar-refractivity contribution in [1.29, 1.82) is 0 Å². The fourth-order valence-corrected chi connectivity index (χ4v) is 3.19. The molecular formula is C14H15NO4. The molecule has 1 atom stereocenters. The van der Waals surface area contributed by atoms with Gasteiger partial charge in [-0.15, -0.1) is 0 Å². The minimum absolute atomic E-state index is 0.267. The van der Waals surface area contributed by atoms with Crippen LogP contribution in [0.2, 0.25) is 0 Å². The monoisotopic (exact) mass is 261 g/mol. The van der Waals surface area contributed by atoms with Crippen molar-refractivity contribution in [2.45, 2.75) is 24.5 Å². The predicted molar refractivity (Wildman–Crippen MR) is 66.2 cm³/mol. The van der Waals surface area contributed by atoms with E-state index in [1.54, 1.807) is 30.3 Å². The first-order valence-corrected chi connectivity index (χ1v) is 6.32.